The maximum Gasteiger partial charge on any atom is 0.302 e. The average molecular weight is 215 g/mol. The lowest BCUT2D eigenvalue weighted by molar-refractivity contribution is -0.242. The molecule has 3 unspecified atom stereocenters. The highest BCUT2D eigenvalue weighted by molar-refractivity contribution is 5.66. The van der Waals surface area contributed by atoms with Gasteiger partial charge < -0.3 is 9.94 Å². The van der Waals surface area contributed by atoms with Gasteiger partial charge in [0.1, 0.15) is 6.10 Å². The van der Waals surface area contributed by atoms with Crippen molar-refractivity contribution in [1.29, 1.82) is 0 Å². The fourth-order valence-electron chi connectivity index (χ4n) is 2.22. The summed E-state index contributed by atoms with van der Waals surface area (Å²) in [4.78, 5) is 11.0. The van der Waals surface area contributed by atoms with Crippen LogP contribution < -0.4 is 0 Å². The predicted octanol–water partition coefficient (Wildman–Crippen LogP) is 1.82. The third kappa shape index (κ3) is 2.49. The van der Waals surface area contributed by atoms with E-state index in [1.807, 2.05) is 27.7 Å². The van der Waals surface area contributed by atoms with Crippen molar-refractivity contribution in [2.45, 2.75) is 58.7 Å². The monoisotopic (exact) mass is 215 g/mol. The standard InChI is InChI=1S/C11H21NO3/c1-7-8(2)12(14)11(4,5)6-10(7)15-9(3)13/h7-8,10,14H,6H2,1-5H3. The van der Waals surface area contributed by atoms with Crippen LogP contribution >= 0.6 is 0 Å². The number of carbonyl (C=O) groups is 1. The summed E-state index contributed by atoms with van der Waals surface area (Å²) in [5.41, 5.74) is -0.341. The summed E-state index contributed by atoms with van der Waals surface area (Å²) < 4.78 is 5.28. The van der Waals surface area contributed by atoms with Crippen molar-refractivity contribution in [3.05, 3.63) is 0 Å². The highest BCUT2D eigenvalue weighted by atomic mass is 16.5. The van der Waals surface area contributed by atoms with Gasteiger partial charge in [0.15, 0.2) is 0 Å². The molecule has 0 aromatic carbocycles. The van der Waals surface area contributed by atoms with Crippen molar-refractivity contribution < 1.29 is 14.7 Å². The van der Waals surface area contributed by atoms with Crippen LogP contribution in [0.1, 0.15) is 41.0 Å². The van der Waals surface area contributed by atoms with E-state index in [0.29, 0.717) is 6.42 Å². The first-order chi connectivity index (χ1) is 6.75. The number of hydrogen-bond donors (Lipinski definition) is 1. The molecule has 1 rings (SSSR count). The summed E-state index contributed by atoms with van der Waals surface area (Å²) in [6.07, 6.45) is 0.560. The molecule has 0 saturated carbocycles. The number of hydrogen-bond acceptors (Lipinski definition) is 4. The van der Waals surface area contributed by atoms with Crippen LogP contribution in [-0.2, 0) is 9.53 Å². The molecule has 1 saturated heterocycles. The summed E-state index contributed by atoms with van der Waals surface area (Å²) in [6, 6.07) is -0.00176. The first-order valence-corrected chi connectivity index (χ1v) is 5.41. The predicted molar refractivity (Wildman–Crippen MR) is 56.5 cm³/mol. The molecule has 0 aliphatic carbocycles. The van der Waals surface area contributed by atoms with Gasteiger partial charge >= 0.3 is 5.97 Å². The second kappa shape index (κ2) is 4.10. The first-order valence-electron chi connectivity index (χ1n) is 5.41. The summed E-state index contributed by atoms with van der Waals surface area (Å²) >= 11 is 0. The Labute approximate surface area is 91.2 Å². The van der Waals surface area contributed by atoms with Crippen molar-refractivity contribution in [2.24, 2.45) is 5.92 Å². The van der Waals surface area contributed by atoms with Crippen molar-refractivity contribution in [3.8, 4) is 0 Å². The average Bonchev–Trinajstić information content (AvgIpc) is 2.10. The first kappa shape index (κ1) is 12.5. The van der Waals surface area contributed by atoms with Gasteiger partial charge in [0.2, 0.25) is 0 Å². The highest BCUT2D eigenvalue weighted by Crippen LogP contribution is 2.35. The molecule has 4 heteroatoms. The molecule has 15 heavy (non-hydrogen) atoms. The van der Waals surface area contributed by atoms with Crippen LogP contribution in [0.3, 0.4) is 0 Å². The molecule has 0 radical (unpaired) electrons. The molecule has 3 atom stereocenters. The molecule has 88 valence electrons. The van der Waals surface area contributed by atoms with Gasteiger partial charge in [-0.3, -0.25) is 4.79 Å². The number of nitrogens with zero attached hydrogens (tertiary/aromatic N) is 1. The van der Waals surface area contributed by atoms with Crippen LogP contribution in [-0.4, -0.2) is 33.9 Å². The molecule has 1 heterocycles. The zero-order valence-electron chi connectivity index (χ0n) is 10.2. The van der Waals surface area contributed by atoms with E-state index in [1.54, 1.807) is 0 Å². The van der Waals surface area contributed by atoms with Gasteiger partial charge in [-0.2, -0.15) is 5.06 Å². The minimum atomic E-state index is -0.341. The van der Waals surface area contributed by atoms with E-state index >= 15 is 0 Å². The minimum absolute atomic E-state index is 0.00176. The van der Waals surface area contributed by atoms with Gasteiger partial charge in [0.25, 0.3) is 0 Å². The minimum Gasteiger partial charge on any atom is -0.462 e. The zero-order valence-corrected chi connectivity index (χ0v) is 10.2. The second-order valence-electron chi connectivity index (χ2n) is 5.11. The Morgan fingerprint density at radius 1 is 1.47 bits per heavy atom. The van der Waals surface area contributed by atoms with Gasteiger partial charge in [0, 0.05) is 30.8 Å². The van der Waals surface area contributed by atoms with Gasteiger partial charge in [0.05, 0.1) is 0 Å². The van der Waals surface area contributed by atoms with Crippen molar-refractivity contribution in [3.63, 3.8) is 0 Å². The Morgan fingerprint density at radius 2 is 2.00 bits per heavy atom. The summed E-state index contributed by atoms with van der Waals surface area (Å²) in [6.45, 7) is 9.27. The van der Waals surface area contributed by atoms with E-state index in [0.717, 1.165) is 0 Å². The summed E-state index contributed by atoms with van der Waals surface area (Å²) in [7, 11) is 0. The van der Waals surface area contributed by atoms with Crippen molar-refractivity contribution in [1.82, 2.24) is 5.06 Å². The lowest BCUT2D eigenvalue weighted by Gasteiger charge is -2.48. The Balaban J connectivity index is 2.79. The van der Waals surface area contributed by atoms with E-state index in [9.17, 15) is 10.0 Å². The molecular weight excluding hydrogens is 194 g/mol. The molecule has 4 nitrogen and oxygen atoms in total. The molecule has 1 aliphatic rings. The van der Waals surface area contributed by atoms with Crippen LogP contribution in [0.25, 0.3) is 0 Å². The van der Waals surface area contributed by atoms with E-state index < -0.39 is 0 Å². The van der Waals surface area contributed by atoms with Gasteiger partial charge in [-0.15, -0.1) is 0 Å². The number of rotatable bonds is 1. The zero-order chi connectivity index (χ0) is 11.8. The summed E-state index contributed by atoms with van der Waals surface area (Å²) in [5, 5.41) is 11.3. The Kier molecular flexibility index (Phi) is 3.41. The fraction of sp³-hybridized carbons (Fsp3) is 0.909. The largest absolute Gasteiger partial charge is 0.462 e. The third-order valence-corrected chi connectivity index (χ3v) is 3.37. The fourth-order valence-corrected chi connectivity index (χ4v) is 2.22. The van der Waals surface area contributed by atoms with Crippen molar-refractivity contribution >= 4 is 5.97 Å². The van der Waals surface area contributed by atoms with Crippen LogP contribution in [0.2, 0.25) is 0 Å². The molecular formula is C11H21NO3. The number of hydroxylamine groups is 2. The van der Waals surface area contributed by atoms with Crippen LogP contribution in [0.4, 0.5) is 0 Å². The smallest absolute Gasteiger partial charge is 0.302 e. The molecule has 1 aliphatic heterocycles. The lowest BCUT2D eigenvalue weighted by atomic mass is 9.80. The van der Waals surface area contributed by atoms with Gasteiger partial charge in [-0.25, -0.2) is 0 Å². The number of piperidine rings is 1. The lowest BCUT2D eigenvalue weighted by Crippen LogP contribution is -2.58. The number of carbonyl (C=O) groups excluding carboxylic acids is 1. The molecule has 1 N–H and O–H groups in total. The summed E-state index contributed by atoms with van der Waals surface area (Å²) in [5.74, 6) is -0.104. The quantitative estimate of drug-likeness (QED) is 0.678. The Bertz CT molecular complexity index is 252. The maximum atomic E-state index is 11.0. The molecule has 0 aromatic heterocycles. The normalized spacial score (nSPS) is 36.3. The highest BCUT2D eigenvalue weighted by Gasteiger charge is 2.44. The van der Waals surface area contributed by atoms with E-state index in [1.165, 1.54) is 12.0 Å². The second-order valence-corrected chi connectivity index (χ2v) is 5.11. The van der Waals surface area contributed by atoms with E-state index in [4.69, 9.17) is 4.74 Å². The Hall–Kier alpha value is -0.610. The SMILES string of the molecule is CC(=O)OC1CC(C)(C)N(O)C(C)C1C. The Morgan fingerprint density at radius 3 is 2.47 bits per heavy atom. The number of esters is 1. The molecule has 0 bridgehead atoms. The topological polar surface area (TPSA) is 49.8 Å². The third-order valence-electron chi connectivity index (χ3n) is 3.37. The van der Waals surface area contributed by atoms with Crippen LogP contribution in [0, 0.1) is 5.92 Å². The van der Waals surface area contributed by atoms with E-state index in [-0.39, 0.29) is 29.6 Å². The van der Waals surface area contributed by atoms with Crippen LogP contribution in [0.15, 0.2) is 0 Å². The number of ether oxygens (including phenoxy) is 1. The molecule has 0 aromatic rings. The van der Waals surface area contributed by atoms with Gasteiger partial charge in [-0.1, -0.05) is 6.92 Å². The van der Waals surface area contributed by atoms with Crippen molar-refractivity contribution in [2.75, 3.05) is 0 Å². The molecule has 0 amide bonds. The van der Waals surface area contributed by atoms with Crippen LogP contribution in [0.5, 0.6) is 0 Å². The molecule has 1 fully saturated rings. The molecule has 0 spiro atoms. The van der Waals surface area contributed by atoms with E-state index in [2.05, 4.69) is 0 Å². The maximum absolute atomic E-state index is 11.0. The van der Waals surface area contributed by atoms with Gasteiger partial charge in [-0.05, 0) is 20.8 Å².